The molecule has 82 valence electrons. The molecule has 0 saturated carbocycles. The number of hydrogen-bond donors (Lipinski definition) is 1. The van der Waals surface area contributed by atoms with Crippen molar-refractivity contribution in [3.63, 3.8) is 0 Å². The van der Waals surface area contributed by atoms with Crippen LogP contribution in [0, 0.1) is 0 Å². The van der Waals surface area contributed by atoms with Crippen LogP contribution in [0.15, 0.2) is 11.7 Å². The molecule has 2 heterocycles. The highest BCUT2D eigenvalue weighted by molar-refractivity contribution is 5.19. The lowest BCUT2D eigenvalue weighted by Gasteiger charge is -2.25. The van der Waals surface area contributed by atoms with Gasteiger partial charge in [0.25, 0.3) is 6.08 Å². The van der Waals surface area contributed by atoms with Gasteiger partial charge in [0.05, 0.1) is 0 Å². The number of rotatable bonds is 0. The summed E-state index contributed by atoms with van der Waals surface area (Å²) in [7, 11) is 1.50. The van der Waals surface area contributed by atoms with Gasteiger partial charge < -0.3 is 5.73 Å². The molecule has 0 spiro atoms. The summed E-state index contributed by atoms with van der Waals surface area (Å²) in [4.78, 5) is 2.18. The van der Waals surface area contributed by atoms with Gasteiger partial charge in [0, 0.05) is 17.7 Å². The van der Waals surface area contributed by atoms with E-state index in [1.807, 2.05) is 0 Å². The van der Waals surface area contributed by atoms with Gasteiger partial charge in [-0.05, 0) is 39.8 Å². The Morgan fingerprint density at radius 2 is 2.07 bits per heavy atom. The van der Waals surface area contributed by atoms with E-state index in [2.05, 4.69) is 17.6 Å². The van der Waals surface area contributed by atoms with Crippen LogP contribution in [0.5, 0.6) is 0 Å². The third-order valence-corrected chi connectivity index (χ3v) is 3.15. The zero-order valence-electron chi connectivity index (χ0n) is 8.82. The molecule has 2 saturated heterocycles. The molecule has 4 heteroatoms. The monoisotopic (exact) mass is 204 g/mol. The first-order valence-electron chi connectivity index (χ1n) is 4.98. The second-order valence-electron chi connectivity index (χ2n) is 4.06. The second-order valence-corrected chi connectivity index (χ2v) is 4.06. The van der Waals surface area contributed by atoms with Crippen molar-refractivity contribution >= 4 is 0 Å². The molecule has 0 aromatic rings. The van der Waals surface area contributed by atoms with Crippen molar-refractivity contribution in [1.29, 1.82) is 0 Å². The van der Waals surface area contributed by atoms with Gasteiger partial charge in [0.1, 0.15) is 0 Å². The average Bonchev–Trinajstić information content (AvgIpc) is 2.62. The Bertz CT molecular complexity index is 236. The van der Waals surface area contributed by atoms with E-state index in [-0.39, 0.29) is 5.54 Å². The maximum absolute atomic E-state index is 12.3. The van der Waals surface area contributed by atoms with Crippen LogP contribution in [0.3, 0.4) is 0 Å². The summed E-state index contributed by atoms with van der Waals surface area (Å²) in [5, 5.41) is 0. The molecular formula is C10H18F2N2. The normalized spacial score (nSPS) is 31.1. The van der Waals surface area contributed by atoms with Crippen molar-refractivity contribution in [2.24, 2.45) is 5.73 Å². The molecule has 0 aliphatic carbocycles. The van der Waals surface area contributed by atoms with Crippen molar-refractivity contribution in [1.82, 2.24) is 4.90 Å². The summed E-state index contributed by atoms with van der Waals surface area (Å²) in [5.41, 5.74) is 4.91. The van der Waals surface area contributed by atoms with Crippen LogP contribution in [0.1, 0.15) is 26.2 Å². The van der Waals surface area contributed by atoms with E-state index in [1.165, 1.54) is 7.05 Å². The second kappa shape index (κ2) is 4.36. The van der Waals surface area contributed by atoms with E-state index >= 15 is 0 Å². The fourth-order valence-electron chi connectivity index (χ4n) is 2.42. The lowest BCUT2D eigenvalue weighted by Crippen LogP contribution is -2.34. The summed E-state index contributed by atoms with van der Waals surface area (Å²) < 4.78 is 24.5. The van der Waals surface area contributed by atoms with Crippen molar-refractivity contribution in [2.75, 3.05) is 20.1 Å². The van der Waals surface area contributed by atoms with Crippen LogP contribution >= 0.6 is 0 Å². The van der Waals surface area contributed by atoms with Gasteiger partial charge in [0.2, 0.25) is 0 Å². The quantitative estimate of drug-likeness (QED) is 0.653. The summed E-state index contributed by atoms with van der Waals surface area (Å²) in [6, 6.07) is 0. The Labute approximate surface area is 83.8 Å². The third-order valence-electron chi connectivity index (χ3n) is 3.15. The molecule has 1 atom stereocenters. The van der Waals surface area contributed by atoms with Gasteiger partial charge in [0.15, 0.2) is 0 Å². The van der Waals surface area contributed by atoms with Gasteiger partial charge in [-0.3, -0.25) is 4.90 Å². The van der Waals surface area contributed by atoms with E-state index in [9.17, 15) is 8.78 Å². The van der Waals surface area contributed by atoms with Crippen LogP contribution < -0.4 is 5.73 Å². The smallest absolute Gasteiger partial charge is 0.270 e. The fraction of sp³-hybridized carbons (Fsp3) is 0.800. The largest absolute Gasteiger partial charge is 0.333 e. The fourth-order valence-corrected chi connectivity index (χ4v) is 2.42. The van der Waals surface area contributed by atoms with E-state index in [0.29, 0.717) is 18.5 Å². The van der Waals surface area contributed by atoms with Crippen molar-refractivity contribution in [3.8, 4) is 0 Å². The molecule has 2 N–H and O–H groups in total. The number of hydrogen-bond acceptors (Lipinski definition) is 2. The topological polar surface area (TPSA) is 29.3 Å². The SMILES string of the molecule is CC12CCCN1CC(=C(F)F)C2.CN. The van der Waals surface area contributed by atoms with E-state index in [1.54, 1.807) is 0 Å². The van der Waals surface area contributed by atoms with E-state index < -0.39 is 6.08 Å². The first kappa shape index (κ1) is 11.6. The summed E-state index contributed by atoms with van der Waals surface area (Å²) in [6.07, 6.45) is 1.36. The van der Waals surface area contributed by atoms with Gasteiger partial charge >= 0.3 is 0 Å². The zero-order chi connectivity index (χ0) is 10.8. The first-order valence-corrected chi connectivity index (χ1v) is 4.98. The molecule has 2 aliphatic heterocycles. The zero-order valence-corrected chi connectivity index (χ0v) is 8.82. The maximum Gasteiger partial charge on any atom is 0.270 e. The molecule has 0 bridgehead atoms. The van der Waals surface area contributed by atoms with Crippen molar-refractivity contribution in [2.45, 2.75) is 31.7 Å². The van der Waals surface area contributed by atoms with Crippen LogP contribution in [-0.2, 0) is 0 Å². The number of nitrogens with zero attached hydrogens (tertiary/aromatic N) is 1. The Hall–Kier alpha value is -0.480. The third kappa shape index (κ3) is 1.96. The highest BCUT2D eigenvalue weighted by atomic mass is 19.3. The molecular weight excluding hydrogens is 186 g/mol. The molecule has 2 nitrogen and oxygen atoms in total. The highest BCUT2D eigenvalue weighted by Gasteiger charge is 2.43. The molecule has 2 aliphatic rings. The van der Waals surface area contributed by atoms with Crippen LogP contribution in [-0.4, -0.2) is 30.6 Å². The lowest BCUT2D eigenvalue weighted by atomic mass is 9.95. The summed E-state index contributed by atoms with van der Waals surface area (Å²) >= 11 is 0. The Morgan fingerprint density at radius 1 is 1.43 bits per heavy atom. The van der Waals surface area contributed by atoms with Crippen molar-refractivity contribution < 1.29 is 8.78 Å². The highest BCUT2D eigenvalue weighted by Crippen LogP contribution is 2.41. The molecule has 1 unspecified atom stereocenters. The predicted molar refractivity (Wildman–Crippen MR) is 53.2 cm³/mol. The van der Waals surface area contributed by atoms with E-state index in [0.717, 1.165) is 19.4 Å². The van der Waals surface area contributed by atoms with E-state index in [4.69, 9.17) is 0 Å². The van der Waals surface area contributed by atoms with Crippen LogP contribution in [0.2, 0.25) is 0 Å². The maximum atomic E-state index is 12.3. The van der Waals surface area contributed by atoms with Gasteiger partial charge in [-0.1, -0.05) is 0 Å². The average molecular weight is 204 g/mol. The predicted octanol–water partition coefficient (Wildman–Crippen LogP) is 1.97. The Kier molecular flexibility index (Phi) is 3.61. The minimum absolute atomic E-state index is 0.0543. The van der Waals surface area contributed by atoms with Crippen LogP contribution in [0.4, 0.5) is 8.78 Å². The Balaban J connectivity index is 0.000000461. The number of fused-ring (bicyclic) bond motifs is 1. The molecule has 0 amide bonds. The molecule has 0 aromatic carbocycles. The minimum Gasteiger partial charge on any atom is -0.333 e. The van der Waals surface area contributed by atoms with Crippen LogP contribution in [0.25, 0.3) is 0 Å². The molecule has 0 radical (unpaired) electrons. The van der Waals surface area contributed by atoms with Gasteiger partial charge in [-0.25, -0.2) is 0 Å². The summed E-state index contributed by atoms with van der Waals surface area (Å²) in [5.74, 6) is 0. The molecule has 14 heavy (non-hydrogen) atoms. The summed E-state index contributed by atoms with van der Waals surface area (Å²) in [6.45, 7) is 3.59. The standard InChI is InChI=1S/C9H13F2N.CH5N/c1-9-3-2-4-12(9)6-7(5-9)8(10)11;1-2/h2-6H2,1H3;2H2,1H3. The number of nitrogens with two attached hydrogens (primary N) is 1. The molecule has 2 rings (SSSR count). The molecule has 2 fully saturated rings. The lowest BCUT2D eigenvalue weighted by molar-refractivity contribution is 0.218. The van der Waals surface area contributed by atoms with Gasteiger partial charge in [-0.2, -0.15) is 8.78 Å². The van der Waals surface area contributed by atoms with Gasteiger partial charge in [-0.15, -0.1) is 0 Å². The van der Waals surface area contributed by atoms with Crippen molar-refractivity contribution in [3.05, 3.63) is 11.7 Å². The first-order chi connectivity index (χ1) is 6.62. The minimum atomic E-state index is -1.45. The molecule has 0 aromatic heterocycles. The number of halogens is 2. The Morgan fingerprint density at radius 3 is 2.57 bits per heavy atom.